The highest BCUT2D eigenvalue weighted by atomic mass is 19.1. The summed E-state index contributed by atoms with van der Waals surface area (Å²) in [7, 11) is 1.45. The molecule has 0 amide bonds. The summed E-state index contributed by atoms with van der Waals surface area (Å²) in [4.78, 5) is 26.1. The summed E-state index contributed by atoms with van der Waals surface area (Å²) in [6, 6.07) is 1.45. The van der Waals surface area contributed by atoms with E-state index in [1.54, 1.807) is 4.57 Å². The highest BCUT2D eigenvalue weighted by Gasteiger charge is 2.32. The van der Waals surface area contributed by atoms with Gasteiger partial charge in [0.1, 0.15) is 11.3 Å². The number of aromatic carboxylic acids is 1. The molecule has 2 heterocycles. The summed E-state index contributed by atoms with van der Waals surface area (Å²) >= 11 is 0. The summed E-state index contributed by atoms with van der Waals surface area (Å²) < 4.78 is 22.5. The molecule has 1 aromatic carbocycles. The Kier molecular flexibility index (Phi) is 11.5. The van der Waals surface area contributed by atoms with Gasteiger partial charge in [0.25, 0.3) is 0 Å². The van der Waals surface area contributed by atoms with E-state index in [2.05, 4.69) is 5.32 Å². The molecule has 12 N–H and O–H groups in total. The average molecular weight is 465 g/mol. The van der Waals surface area contributed by atoms with Gasteiger partial charge in [0.2, 0.25) is 5.43 Å². The van der Waals surface area contributed by atoms with Crippen molar-refractivity contribution in [1.82, 2.24) is 9.88 Å². The molecule has 184 valence electrons. The zero-order valence-corrected chi connectivity index (χ0v) is 17.8. The number of nitrogens with one attached hydrogen (secondary N) is 1. The van der Waals surface area contributed by atoms with E-state index in [4.69, 9.17) is 4.74 Å². The number of carboxylic acids is 1. The van der Waals surface area contributed by atoms with Gasteiger partial charge in [0.15, 0.2) is 11.6 Å². The molecule has 2 aliphatic rings. The third kappa shape index (κ3) is 5.15. The molecule has 0 radical (unpaired) electrons. The molecule has 1 atom stereocenters. The molecule has 0 spiro atoms. The predicted octanol–water partition coefficient (Wildman–Crippen LogP) is -2.14. The number of aromatic nitrogens is 1. The summed E-state index contributed by atoms with van der Waals surface area (Å²) in [5.41, 5.74) is -0.237. The molecule has 13 heteroatoms. The Balaban J connectivity index is 0. The zero-order chi connectivity index (χ0) is 19.3. The van der Waals surface area contributed by atoms with E-state index in [1.165, 1.54) is 13.3 Å². The van der Waals surface area contributed by atoms with Crippen LogP contribution in [0.15, 0.2) is 17.1 Å². The Morgan fingerprint density at radius 1 is 1.22 bits per heavy atom. The number of benzene rings is 1. The standard InChI is InChI=1S/C19H22FN3O4.5H2O/c1-10-8-22(6-5-21-10)16-14(20)7-12-15(18(16)27-2)23(11-3-4-11)9-13(17(12)24)19(25)26;;;;;/h7,9-11,21H,3-6,8H2,1-2H3,(H,25,26);5*1H2/t10-;;;;;/m0...../s1. The Morgan fingerprint density at radius 3 is 2.34 bits per heavy atom. The minimum atomic E-state index is -1.31. The number of hydrogen-bond acceptors (Lipinski definition) is 5. The SMILES string of the molecule is COc1c(N2CCN[C@@H](C)C2)c(F)cc2c(=O)c(C(=O)O)cn(C3CC3)c12.O.O.O.O.O. The first-order chi connectivity index (χ1) is 12.9. The van der Waals surface area contributed by atoms with Crippen LogP contribution in [0.2, 0.25) is 0 Å². The van der Waals surface area contributed by atoms with Crippen molar-refractivity contribution in [1.29, 1.82) is 0 Å². The number of nitrogens with zero attached hydrogens (tertiary/aromatic N) is 2. The molecule has 0 unspecified atom stereocenters. The quantitative estimate of drug-likeness (QED) is 0.509. The molecule has 1 saturated carbocycles. The van der Waals surface area contributed by atoms with Crippen molar-refractivity contribution in [3.8, 4) is 5.75 Å². The summed E-state index contributed by atoms with van der Waals surface area (Å²) in [5, 5.41) is 12.7. The lowest BCUT2D eigenvalue weighted by Crippen LogP contribution is -2.49. The van der Waals surface area contributed by atoms with Crippen LogP contribution >= 0.6 is 0 Å². The molecule has 1 aliphatic carbocycles. The fourth-order valence-electron chi connectivity index (χ4n) is 3.86. The number of fused-ring (bicyclic) bond motifs is 1. The monoisotopic (exact) mass is 465 g/mol. The second-order valence-electron chi connectivity index (χ2n) is 7.25. The number of ether oxygens (including phenoxy) is 1. The molecule has 2 aromatic rings. The zero-order valence-electron chi connectivity index (χ0n) is 17.8. The van der Waals surface area contributed by atoms with Crippen LogP contribution in [0.4, 0.5) is 10.1 Å². The van der Waals surface area contributed by atoms with Crippen LogP contribution in [0.3, 0.4) is 0 Å². The Morgan fingerprint density at radius 2 is 1.84 bits per heavy atom. The number of halogens is 1. The molecule has 4 rings (SSSR count). The lowest BCUT2D eigenvalue weighted by molar-refractivity contribution is 0.0694. The van der Waals surface area contributed by atoms with Crippen LogP contribution in [-0.4, -0.2) is 75.8 Å². The molecule has 32 heavy (non-hydrogen) atoms. The van der Waals surface area contributed by atoms with Gasteiger partial charge in [-0.15, -0.1) is 0 Å². The molecule has 1 aliphatic heterocycles. The molecule has 2 fully saturated rings. The fourth-order valence-corrected chi connectivity index (χ4v) is 3.86. The van der Waals surface area contributed by atoms with E-state index in [1.807, 2.05) is 11.8 Å². The van der Waals surface area contributed by atoms with Gasteiger partial charge in [-0.1, -0.05) is 0 Å². The van der Waals surface area contributed by atoms with Crippen LogP contribution < -0.4 is 20.4 Å². The van der Waals surface area contributed by atoms with Gasteiger partial charge in [-0.05, 0) is 25.8 Å². The van der Waals surface area contributed by atoms with Crippen molar-refractivity contribution >= 4 is 22.6 Å². The minimum absolute atomic E-state index is 0. The predicted molar refractivity (Wildman–Crippen MR) is 118 cm³/mol. The van der Waals surface area contributed by atoms with E-state index >= 15 is 4.39 Å². The van der Waals surface area contributed by atoms with Gasteiger partial charge in [-0.2, -0.15) is 0 Å². The summed E-state index contributed by atoms with van der Waals surface area (Å²) in [5.74, 6) is -1.59. The van der Waals surface area contributed by atoms with Crippen molar-refractivity contribution < 1.29 is 46.4 Å². The maximum Gasteiger partial charge on any atom is 0.341 e. The first kappa shape index (κ1) is 31.4. The first-order valence-electron chi connectivity index (χ1n) is 9.09. The van der Waals surface area contributed by atoms with E-state index in [-0.39, 0.29) is 50.4 Å². The number of hydrogen-bond donors (Lipinski definition) is 2. The van der Waals surface area contributed by atoms with Crippen LogP contribution in [-0.2, 0) is 0 Å². The van der Waals surface area contributed by atoms with E-state index in [0.717, 1.165) is 25.5 Å². The van der Waals surface area contributed by atoms with Gasteiger partial charge in [0.05, 0.1) is 18.0 Å². The molecule has 0 bridgehead atoms. The number of pyridine rings is 1. The molecule has 12 nitrogen and oxygen atoms in total. The Labute approximate surface area is 182 Å². The highest BCUT2D eigenvalue weighted by molar-refractivity contribution is 5.97. The van der Waals surface area contributed by atoms with Gasteiger partial charge >= 0.3 is 5.97 Å². The maximum atomic E-state index is 15.1. The van der Waals surface area contributed by atoms with Crippen molar-refractivity contribution in [2.24, 2.45) is 0 Å². The smallest absolute Gasteiger partial charge is 0.341 e. The third-order valence-electron chi connectivity index (χ3n) is 5.26. The normalized spacial score (nSPS) is 17.0. The van der Waals surface area contributed by atoms with E-state index in [0.29, 0.717) is 30.0 Å². The number of anilines is 1. The maximum absolute atomic E-state index is 15.1. The van der Waals surface area contributed by atoms with Crippen molar-refractivity contribution in [2.75, 3.05) is 31.6 Å². The topological polar surface area (TPSA) is 241 Å². The van der Waals surface area contributed by atoms with Crippen LogP contribution in [0.5, 0.6) is 5.75 Å². The number of carboxylic acid groups (broad SMARTS) is 1. The summed E-state index contributed by atoms with van der Waals surface area (Å²) in [6.07, 6.45) is 3.14. The van der Waals surface area contributed by atoms with E-state index in [9.17, 15) is 14.7 Å². The lowest BCUT2D eigenvalue weighted by Gasteiger charge is -2.35. The van der Waals surface area contributed by atoms with Crippen LogP contribution in [0.25, 0.3) is 10.9 Å². The van der Waals surface area contributed by atoms with Gasteiger partial charge in [-0.3, -0.25) is 4.79 Å². The summed E-state index contributed by atoms with van der Waals surface area (Å²) in [6.45, 7) is 3.97. The Hall–Kier alpha value is -2.81. The Bertz CT molecular complexity index is 994. The van der Waals surface area contributed by atoms with Crippen molar-refractivity contribution in [2.45, 2.75) is 31.8 Å². The van der Waals surface area contributed by atoms with Crippen LogP contribution in [0, 0.1) is 5.82 Å². The number of piperazine rings is 1. The van der Waals surface area contributed by atoms with Gasteiger partial charge in [0, 0.05) is 37.9 Å². The highest BCUT2D eigenvalue weighted by Crippen LogP contribution is 2.43. The molecule has 1 saturated heterocycles. The number of rotatable bonds is 4. The first-order valence-corrected chi connectivity index (χ1v) is 9.09. The van der Waals surface area contributed by atoms with Crippen LogP contribution in [0.1, 0.15) is 36.2 Å². The second kappa shape index (κ2) is 11.7. The van der Waals surface area contributed by atoms with E-state index < -0.39 is 17.2 Å². The largest absolute Gasteiger partial charge is 0.492 e. The van der Waals surface area contributed by atoms with Gasteiger partial charge < -0.3 is 52.0 Å². The van der Waals surface area contributed by atoms with Crippen molar-refractivity contribution in [3.05, 3.63) is 33.9 Å². The molecular weight excluding hydrogens is 433 g/mol. The average Bonchev–Trinajstić information content (AvgIpc) is 3.46. The van der Waals surface area contributed by atoms with Crippen molar-refractivity contribution in [3.63, 3.8) is 0 Å². The third-order valence-corrected chi connectivity index (χ3v) is 5.26. The molecule has 1 aromatic heterocycles. The fraction of sp³-hybridized carbons (Fsp3) is 0.474. The van der Waals surface area contributed by atoms with Gasteiger partial charge in [-0.25, -0.2) is 9.18 Å². The second-order valence-corrected chi connectivity index (χ2v) is 7.25. The minimum Gasteiger partial charge on any atom is -0.492 e. The number of carbonyl (C=O) groups is 1. The number of methoxy groups -OCH3 is 1. The lowest BCUT2D eigenvalue weighted by atomic mass is 10.1. The molecular formula is C19H32FN3O9.